The highest BCUT2D eigenvalue weighted by Gasteiger charge is 2.18. The number of carbonyl (C=O) groups is 2. The van der Waals surface area contributed by atoms with Gasteiger partial charge in [-0.3, -0.25) is 9.59 Å². The fourth-order valence-corrected chi connectivity index (χ4v) is 4.18. The van der Waals surface area contributed by atoms with Crippen LogP contribution in [0.25, 0.3) is 21.0 Å². The summed E-state index contributed by atoms with van der Waals surface area (Å²) in [5.41, 5.74) is 3.78. The minimum Gasteiger partial charge on any atom is -0.467 e. The van der Waals surface area contributed by atoms with Crippen LogP contribution in [0.4, 0.5) is 0 Å². The summed E-state index contributed by atoms with van der Waals surface area (Å²) < 4.78 is 10.3. The predicted molar refractivity (Wildman–Crippen MR) is 123 cm³/mol. The van der Waals surface area contributed by atoms with E-state index in [-0.39, 0.29) is 19.6 Å². The molecule has 2 aromatic carbocycles. The summed E-state index contributed by atoms with van der Waals surface area (Å²) in [6.45, 7) is 1.92. The summed E-state index contributed by atoms with van der Waals surface area (Å²) in [4.78, 5) is 30.1. The highest BCUT2D eigenvalue weighted by Crippen LogP contribution is 2.36. The number of hydrogen-bond acceptors (Lipinski definition) is 6. The molecule has 6 nitrogen and oxygen atoms in total. The molecule has 0 aliphatic carbocycles. The second-order valence-corrected chi connectivity index (χ2v) is 8.22. The first kappa shape index (κ1) is 21.5. The van der Waals surface area contributed by atoms with Crippen molar-refractivity contribution < 1.29 is 18.7 Å². The number of nitrogens with zero attached hydrogens (tertiary/aromatic N) is 1. The normalized spacial score (nSPS) is 10.7. The van der Waals surface area contributed by atoms with Gasteiger partial charge in [-0.05, 0) is 24.6 Å². The number of nitrogens with one attached hydrogen (secondary N) is 1. The average molecular weight is 447 g/mol. The lowest BCUT2D eigenvalue weighted by Crippen LogP contribution is -2.28. The van der Waals surface area contributed by atoms with Gasteiger partial charge in [-0.2, -0.15) is 0 Å². The smallest absolute Gasteiger partial charge is 0.312 e. The fraction of sp³-hybridized carbons (Fsp3) is 0.160. The lowest BCUT2D eigenvalue weighted by atomic mass is 10.1. The average Bonchev–Trinajstić information content (AvgIpc) is 3.48. The quantitative estimate of drug-likeness (QED) is 0.394. The molecule has 0 aliphatic heterocycles. The van der Waals surface area contributed by atoms with E-state index >= 15 is 0 Å². The monoisotopic (exact) mass is 446 g/mol. The van der Waals surface area contributed by atoms with Gasteiger partial charge in [0.1, 0.15) is 10.8 Å². The summed E-state index contributed by atoms with van der Waals surface area (Å²) >= 11 is 1.54. The third-order valence-corrected chi connectivity index (χ3v) is 5.94. The van der Waals surface area contributed by atoms with Gasteiger partial charge in [-0.25, -0.2) is 4.98 Å². The van der Waals surface area contributed by atoms with Crippen molar-refractivity contribution in [2.24, 2.45) is 0 Å². The minimum atomic E-state index is -0.503. The Kier molecular flexibility index (Phi) is 6.77. The van der Waals surface area contributed by atoms with E-state index < -0.39 is 11.9 Å². The standard InChI is InChI=1S/C25H22N2O4S/c1-17-9-11-18(12-10-17)24-21(27-25(32-24)19-6-3-2-4-7-19)14-23(29)31-16-22(28)26-15-20-8-5-13-30-20/h2-13H,14-16H2,1H3,(H,26,28). The highest BCUT2D eigenvalue weighted by atomic mass is 32.1. The van der Waals surface area contributed by atoms with Crippen LogP contribution in [-0.4, -0.2) is 23.5 Å². The van der Waals surface area contributed by atoms with Crippen LogP contribution in [0, 0.1) is 6.92 Å². The van der Waals surface area contributed by atoms with Crippen molar-refractivity contribution in [1.82, 2.24) is 10.3 Å². The summed E-state index contributed by atoms with van der Waals surface area (Å²) in [6.07, 6.45) is 1.52. The zero-order chi connectivity index (χ0) is 22.3. The SMILES string of the molecule is Cc1ccc(-c2sc(-c3ccccc3)nc2CC(=O)OCC(=O)NCc2ccco2)cc1. The van der Waals surface area contributed by atoms with Gasteiger partial charge in [-0.15, -0.1) is 11.3 Å². The molecule has 0 bridgehead atoms. The number of ether oxygens (including phenoxy) is 1. The molecule has 1 amide bonds. The second kappa shape index (κ2) is 10.1. The molecular formula is C25H22N2O4S. The molecule has 4 aromatic rings. The Balaban J connectivity index is 1.45. The predicted octanol–water partition coefficient (Wildman–Crippen LogP) is 4.78. The van der Waals surface area contributed by atoms with Gasteiger partial charge < -0.3 is 14.5 Å². The third kappa shape index (κ3) is 5.50. The van der Waals surface area contributed by atoms with Crippen molar-refractivity contribution in [1.29, 1.82) is 0 Å². The molecule has 0 saturated heterocycles. The van der Waals surface area contributed by atoms with Gasteiger partial charge in [0.15, 0.2) is 6.61 Å². The Morgan fingerprint density at radius 1 is 1.00 bits per heavy atom. The van der Waals surface area contributed by atoms with E-state index in [0.717, 1.165) is 26.6 Å². The van der Waals surface area contributed by atoms with Crippen LogP contribution >= 0.6 is 11.3 Å². The maximum atomic E-state index is 12.5. The molecule has 0 fully saturated rings. The van der Waals surface area contributed by atoms with E-state index in [1.807, 2.05) is 61.5 Å². The third-order valence-electron chi connectivity index (χ3n) is 4.75. The molecule has 4 rings (SSSR count). The van der Waals surface area contributed by atoms with Crippen molar-refractivity contribution in [2.45, 2.75) is 19.9 Å². The number of amides is 1. The first-order chi connectivity index (χ1) is 15.6. The lowest BCUT2D eigenvalue weighted by Gasteiger charge is -2.06. The van der Waals surface area contributed by atoms with Crippen LogP contribution in [0.2, 0.25) is 0 Å². The number of furan rings is 1. The number of aromatic nitrogens is 1. The van der Waals surface area contributed by atoms with Gasteiger partial charge in [0, 0.05) is 5.56 Å². The number of esters is 1. The van der Waals surface area contributed by atoms with Gasteiger partial charge in [-0.1, -0.05) is 60.2 Å². The number of aryl methyl sites for hydroxylation is 1. The maximum Gasteiger partial charge on any atom is 0.312 e. The van der Waals surface area contributed by atoms with Crippen molar-refractivity contribution in [3.05, 3.63) is 90.0 Å². The van der Waals surface area contributed by atoms with E-state index in [9.17, 15) is 9.59 Å². The van der Waals surface area contributed by atoms with Crippen LogP contribution < -0.4 is 5.32 Å². The number of carbonyl (C=O) groups excluding carboxylic acids is 2. The van der Waals surface area contributed by atoms with Crippen molar-refractivity contribution >= 4 is 23.2 Å². The Labute approximate surface area is 189 Å². The van der Waals surface area contributed by atoms with E-state index in [4.69, 9.17) is 14.1 Å². The number of hydrogen-bond donors (Lipinski definition) is 1. The van der Waals surface area contributed by atoms with Crippen LogP contribution in [0.3, 0.4) is 0 Å². The molecule has 0 radical (unpaired) electrons. The second-order valence-electron chi connectivity index (χ2n) is 7.22. The zero-order valence-electron chi connectivity index (χ0n) is 17.5. The molecule has 0 saturated carbocycles. The van der Waals surface area contributed by atoms with Gasteiger partial charge in [0.05, 0.1) is 29.8 Å². The van der Waals surface area contributed by atoms with Crippen LogP contribution in [0.1, 0.15) is 17.0 Å². The molecule has 2 aromatic heterocycles. The molecule has 0 aliphatic rings. The molecule has 1 N–H and O–H groups in total. The summed E-state index contributed by atoms with van der Waals surface area (Å²) in [5, 5.41) is 3.48. The minimum absolute atomic E-state index is 0.0159. The first-order valence-electron chi connectivity index (χ1n) is 10.2. The van der Waals surface area contributed by atoms with Gasteiger partial charge in [0.2, 0.25) is 0 Å². The number of rotatable bonds is 8. The molecule has 2 heterocycles. The van der Waals surface area contributed by atoms with E-state index in [0.29, 0.717) is 11.5 Å². The highest BCUT2D eigenvalue weighted by molar-refractivity contribution is 7.18. The van der Waals surface area contributed by atoms with Crippen molar-refractivity contribution in [3.8, 4) is 21.0 Å². The van der Waals surface area contributed by atoms with Crippen LogP contribution in [0.15, 0.2) is 77.4 Å². The summed E-state index contributed by atoms with van der Waals surface area (Å²) in [6, 6.07) is 21.4. The summed E-state index contributed by atoms with van der Waals surface area (Å²) in [7, 11) is 0. The van der Waals surface area contributed by atoms with Crippen LogP contribution in [-0.2, 0) is 27.3 Å². The van der Waals surface area contributed by atoms with E-state index in [1.165, 1.54) is 17.6 Å². The molecule has 7 heteroatoms. The van der Waals surface area contributed by atoms with Crippen molar-refractivity contribution in [2.75, 3.05) is 6.61 Å². The molecule has 0 unspecified atom stereocenters. The first-order valence-corrected chi connectivity index (χ1v) is 11.0. The Morgan fingerprint density at radius 3 is 2.50 bits per heavy atom. The molecule has 0 atom stereocenters. The zero-order valence-corrected chi connectivity index (χ0v) is 18.4. The lowest BCUT2D eigenvalue weighted by molar-refractivity contribution is -0.148. The molecule has 32 heavy (non-hydrogen) atoms. The van der Waals surface area contributed by atoms with Crippen molar-refractivity contribution in [3.63, 3.8) is 0 Å². The van der Waals surface area contributed by atoms with Gasteiger partial charge >= 0.3 is 5.97 Å². The van der Waals surface area contributed by atoms with E-state index in [2.05, 4.69) is 5.32 Å². The summed E-state index contributed by atoms with van der Waals surface area (Å²) in [5.74, 6) is -0.267. The fourth-order valence-electron chi connectivity index (χ4n) is 3.09. The molecule has 162 valence electrons. The maximum absolute atomic E-state index is 12.5. The van der Waals surface area contributed by atoms with Crippen LogP contribution in [0.5, 0.6) is 0 Å². The Morgan fingerprint density at radius 2 is 1.78 bits per heavy atom. The van der Waals surface area contributed by atoms with E-state index in [1.54, 1.807) is 12.1 Å². The largest absolute Gasteiger partial charge is 0.467 e. The Bertz CT molecular complexity index is 1180. The molecule has 0 spiro atoms. The topological polar surface area (TPSA) is 81.4 Å². The molecular weight excluding hydrogens is 424 g/mol. The van der Waals surface area contributed by atoms with Gasteiger partial charge in [0.25, 0.3) is 5.91 Å². The Hall–Kier alpha value is -3.71. The number of thiazole rings is 1. The number of benzene rings is 2.